The normalized spacial score (nSPS) is 36.9. The molecule has 2 heterocycles. The molecule has 1 atom stereocenters. The number of rotatable bonds is 0. The number of β-amino-alcohol motifs (C(OH)–C–C–N with tert-alkyl or cyclic N) is 1. The molecule has 4 heteroatoms. The summed E-state index contributed by atoms with van der Waals surface area (Å²) < 4.78 is 12.0. The Hall–Kier alpha value is -0.160. The highest BCUT2D eigenvalue weighted by Gasteiger charge is 2.48. The first-order valence-corrected chi connectivity index (χ1v) is 6.43. The lowest BCUT2D eigenvalue weighted by atomic mass is 9.91. The van der Waals surface area contributed by atoms with Gasteiger partial charge in [0.05, 0.1) is 24.9 Å². The minimum Gasteiger partial charge on any atom is -0.392 e. The average molecular weight is 227 g/mol. The molecule has 3 fully saturated rings. The molecule has 0 radical (unpaired) electrons. The van der Waals surface area contributed by atoms with Crippen LogP contribution < -0.4 is 5.32 Å². The Balaban J connectivity index is 1.63. The predicted molar refractivity (Wildman–Crippen MR) is 59.1 cm³/mol. The zero-order valence-corrected chi connectivity index (χ0v) is 9.71. The molecule has 1 saturated carbocycles. The highest BCUT2D eigenvalue weighted by molar-refractivity contribution is 5.00. The molecule has 2 saturated heterocycles. The fourth-order valence-electron chi connectivity index (χ4n) is 3.15. The lowest BCUT2D eigenvalue weighted by molar-refractivity contribution is -0.301. The van der Waals surface area contributed by atoms with E-state index in [-0.39, 0.29) is 17.4 Å². The molecule has 2 N–H and O–H groups in total. The van der Waals surface area contributed by atoms with Gasteiger partial charge < -0.3 is 19.9 Å². The number of hydrogen-bond acceptors (Lipinski definition) is 4. The Morgan fingerprint density at radius 2 is 1.75 bits per heavy atom. The summed E-state index contributed by atoms with van der Waals surface area (Å²) in [6.45, 7) is 2.04. The lowest BCUT2D eigenvalue weighted by Gasteiger charge is -2.46. The second-order valence-corrected chi connectivity index (χ2v) is 5.57. The standard InChI is InChI=1S/C12H21NO3/c14-10-6-11(13-7-10)8-15-12(16-9-11)4-2-1-3-5-12/h10,13-14H,1-9H2. The van der Waals surface area contributed by atoms with Crippen LogP contribution in [0.3, 0.4) is 0 Å². The minimum absolute atomic E-state index is 0.123. The molecule has 92 valence electrons. The van der Waals surface area contributed by atoms with Crippen molar-refractivity contribution in [1.82, 2.24) is 5.32 Å². The molecule has 0 aromatic rings. The van der Waals surface area contributed by atoms with Crippen molar-refractivity contribution >= 4 is 0 Å². The summed E-state index contributed by atoms with van der Waals surface area (Å²) in [5, 5.41) is 12.9. The zero-order valence-electron chi connectivity index (χ0n) is 9.71. The zero-order chi connectivity index (χ0) is 11.1. The second-order valence-electron chi connectivity index (χ2n) is 5.57. The van der Waals surface area contributed by atoms with Gasteiger partial charge in [0.1, 0.15) is 0 Å². The Labute approximate surface area is 96.3 Å². The van der Waals surface area contributed by atoms with Crippen LogP contribution in [0, 0.1) is 0 Å². The molecular formula is C12H21NO3. The summed E-state index contributed by atoms with van der Waals surface area (Å²) in [5.74, 6) is -0.293. The van der Waals surface area contributed by atoms with Gasteiger partial charge >= 0.3 is 0 Å². The van der Waals surface area contributed by atoms with Gasteiger partial charge in [-0.15, -0.1) is 0 Å². The molecule has 3 aliphatic rings. The van der Waals surface area contributed by atoms with Gasteiger partial charge in [0.25, 0.3) is 0 Å². The quantitative estimate of drug-likeness (QED) is 0.642. The van der Waals surface area contributed by atoms with Crippen molar-refractivity contribution in [1.29, 1.82) is 0 Å². The Bertz CT molecular complexity index is 241. The summed E-state index contributed by atoms with van der Waals surface area (Å²) in [6.07, 6.45) is 6.30. The van der Waals surface area contributed by atoms with Crippen LogP contribution in [-0.2, 0) is 9.47 Å². The summed E-state index contributed by atoms with van der Waals surface area (Å²) in [6, 6.07) is 0. The third-order valence-corrected chi connectivity index (χ3v) is 4.18. The number of hydrogen-bond donors (Lipinski definition) is 2. The van der Waals surface area contributed by atoms with Crippen LogP contribution in [0.25, 0.3) is 0 Å². The van der Waals surface area contributed by atoms with Crippen molar-refractivity contribution in [2.24, 2.45) is 0 Å². The smallest absolute Gasteiger partial charge is 0.168 e. The molecule has 1 unspecified atom stereocenters. The largest absolute Gasteiger partial charge is 0.392 e. The van der Waals surface area contributed by atoms with Crippen LogP contribution in [0.2, 0.25) is 0 Å². The van der Waals surface area contributed by atoms with E-state index in [4.69, 9.17) is 9.47 Å². The summed E-state index contributed by atoms with van der Waals surface area (Å²) in [7, 11) is 0. The molecule has 0 aromatic carbocycles. The van der Waals surface area contributed by atoms with Crippen molar-refractivity contribution in [3.8, 4) is 0 Å². The van der Waals surface area contributed by atoms with E-state index in [1.807, 2.05) is 0 Å². The van der Waals surface area contributed by atoms with E-state index in [2.05, 4.69) is 5.32 Å². The van der Waals surface area contributed by atoms with Gasteiger partial charge in [0, 0.05) is 19.4 Å². The van der Waals surface area contributed by atoms with Crippen LogP contribution in [0.4, 0.5) is 0 Å². The summed E-state index contributed by atoms with van der Waals surface area (Å²) in [5.41, 5.74) is -0.123. The van der Waals surface area contributed by atoms with E-state index in [9.17, 15) is 5.11 Å². The van der Waals surface area contributed by atoms with Gasteiger partial charge in [-0.1, -0.05) is 6.42 Å². The van der Waals surface area contributed by atoms with Crippen LogP contribution in [0.15, 0.2) is 0 Å². The fraction of sp³-hybridized carbons (Fsp3) is 1.00. The molecule has 2 spiro atoms. The molecule has 4 nitrogen and oxygen atoms in total. The van der Waals surface area contributed by atoms with E-state index in [0.717, 1.165) is 19.3 Å². The molecule has 0 aromatic heterocycles. The first-order valence-electron chi connectivity index (χ1n) is 6.43. The van der Waals surface area contributed by atoms with Crippen molar-refractivity contribution in [2.75, 3.05) is 19.8 Å². The van der Waals surface area contributed by atoms with Gasteiger partial charge in [-0.05, 0) is 19.3 Å². The Morgan fingerprint density at radius 1 is 1.06 bits per heavy atom. The number of nitrogens with one attached hydrogen (secondary N) is 1. The highest BCUT2D eigenvalue weighted by Crippen LogP contribution is 2.38. The van der Waals surface area contributed by atoms with Crippen molar-refractivity contribution in [2.45, 2.75) is 56.0 Å². The SMILES string of the molecule is OC1CNC2(COC3(CCCCC3)OC2)C1. The maximum atomic E-state index is 9.57. The molecule has 2 aliphatic heterocycles. The van der Waals surface area contributed by atoms with Gasteiger partial charge in [-0.2, -0.15) is 0 Å². The van der Waals surface area contributed by atoms with Crippen LogP contribution >= 0.6 is 0 Å². The topological polar surface area (TPSA) is 50.7 Å². The van der Waals surface area contributed by atoms with Crippen molar-refractivity contribution in [3.63, 3.8) is 0 Å². The van der Waals surface area contributed by atoms with Gasteiger partial charge in [0.2, 0.25) is 0 Å². The lowest BCUT2D eigenvalue weighted by Crippen LogP contribution is -2.58. The monoisotopic (exact) mass is 227 g/mol. The predicted octanol–water partition coefficient (Wildman–Crippen LogP) is 0.787. The highest BCUT2D eigenvalue weighted by atomic mass is 16.7. The van der Waals surface area contributed by atoms with Crippen LogP contribution in [0.1, 0.15) is 38.5 Å². The van der Waals surface area contributed by atoms with E-state index in [0.29, 0.717) is 19.8 Å². The maximum absolute atomic E-state index is 9.57. The van der Waals surface area contributed by atoms with Gasteiger partial charge in [-0.25, -0.2) is 0 Å². The fourth-order valence-corrected chi connectivity index (χ4v) is 3.15. The third kappa shape index (κ3) is 1.88. The van der Waals surface area contributed by atoms with Crippen molar-refractivity contribution < 1.29 is 14.6 Å². The van der Waals surface area contributed by atoms with Crippen molar-refractivity contribution in [3.05, 3.63) is 0 Å². The van der Waals surface area contributed by atoms with Gasteiger partial charge in [-0.3, -0.25) is 0 Å². The first-order chi connectivity index (χ1) is 7.72. The van der Waals surface area contributed by atoms with Crippen LogP contribution in [-0.4, -0.2) is 42.3 Å². The number of ether oxygens (including phenoxy) is 2. The van der Waals surface area contributed by atoms with E-state index in [1.54, 1.807) is 0 Å². The Morgan fingerprint density at radius 3 is 2.31 bits per heavy atom. The minimum atomic E-state index is -0.293. The number of aliphatic hydroxyl groups excluding tert-OH is 1. The van der Waals surface area contributed by atoms with Crippen LogP contribution in [0.5, 0.6) is 0 Å². The molecule has 0 bridgehead atoms. The van der Waals surface area contributed by atoms with E-state index < -0.39 is 0 Å². The Kier molecular flexibility index (Phi) is 2.70. The molecule has 0 amide bonds. The van der Waals surface area contributed by atoms with Gasteiger partial charge in [0.15, 0.2) is 5.79 Å². The third-order valence-electron chi connectivity index (χ3n) is 4.18. The van der Waals surface area contributed by atoms with E-state index in [1.165, 1.54) is 19.3 Å². The number of aliphatic hydroxyl groups is 1. The van der Waals surface area contributed by atoms with E-state index >= 15 is 0 Å². The summed E-state index contributed by atoms with van der Waals surface area (Å²) >= 11 is 0. The molecule has 1 aliphatic carbocycles. The summed E-state index contributed by atoms with van der Waals surface area (Å²) in [4.78, 5) is 0. The maximum Gasteiger partial charge on any atom is 0.168 e. The molecular weight excluding hydrogens is 206 g/mol. The first kappa shape index (κ1) is 11.0. The second kappa shape index (κ2) is 3.95. The average Bonchev–Trinajstić information content (AvgIpc) is 2.67. The molecule has 16 heavy (non-hydrogen) atoms. The molecule has 3 rings (SSSR count).